The lowest BCUT2D eigenvalue weighted by Crippen LogP contribution is -2.24. The SMILES string of the molecule is Cc1cc(NC(=O)c2n[nH]c3ccc(-c4cncc(CN5CCC(F)(F)C5)c4)cc23)ccc1C1=CC(F)=CCC1. The summed E-state index contributed by atoms with van der Waals surface area (Å²) in [5.41, 5.74) is 6.95. The van der Waals surface area contributed by atoms with Gasteiger partial charge in [-0.2, -0.15) is 5.10 Å². The summed E-state index contributed by atoms with van der Waals surface area (Å²) in [6, 6.07) is 13.2. The first kappa shape index (κ1) is 26.0. The number of allylic oxidation sites excluding steroid dienone is 4. The number of likely N-dealkylation sites (tertiary alicyclic amines) is 1. The first-order valence-corrected chi connectivity index (χ1v) is 13.3. The van der Waals surface area contributed by atoms with E-state index >= 15 is 0 Å². The van der Waals surface area contributed by atoms with Crippen molar-refractivity contribution in [2.75, 3.05) is 18.4 Å². The molecule has 2 aromatic carbocycles. The molecule has 9 heteroatoms. The zero-order valence-electron chi connectivity index (χ0n) is 22.0. The number of hydrogen-bond donors (Lipinski definition) is 2. The molecule has 3 heterocycles. The Morgan fingerprint density at radius 2 is 2.00 bits per heavy atom. The smallest absolute Gasteiger partial charge is 0.276 e. The average Bonchev–Trinajstić information content (AvgIpc) is 3.50. The monoisotopic (exact) mass is 543 g/mol. The number of fused-ring (bicyclic) bond motifs is 1. The molecule has 2 aromatic heterocycles. The molecule has 0 unspecified atom stereocenters. The van der Waals surface area contributed by atoms with Gasteiger partial charge in [-0.15, -0.1) is 0 Å². The molecule has 6 rings (SSSR count). The van der Waals surface area contributed by atoms with Crippen molar-refractivity contribution in [2.24, 2.45) is 0 Å². The molecule has 40 heavy (non-hydrogen) atoms. The van der Waals surface area contributed by atoms with Crippen LogP contribution in [-0.4, -0.2) is 45.0 Å². The van der Waals surface area contributed by atoms with Gasteiger partial charge in [-0.3, -0.25) is 19.8 Å². The largest absolute Gasteiger partial charge is 0.321 e. The number of benzene rings is 2. The maximum Gasteiger partial charge on any atom is 0.276 e. The predicted molar refractivity (Wildman–Crippen MR) is 150 cm³/mol. The van der Waals surface area contributed by atoms with E-state index in [2.05, 4.69) is 20.5 Å². The van der Waals surface area contributed by atoms with E-state index in [9.17, 15) is 18.0 Å². The Morgan fingerprint density at radius 1 is 1.12 bits per heavy atom. The van der Waals surface area contributed by atoms with Gasteiger partial charge in [0.25, 0.3) is 11.8 Å². The summed E-state index contributed by atoms with van der Waals surface area (Å²) >= 11 is 0. The van der Waals surface area contributed by atoms with Gasteiger partial charge in [-0.1, -0.05) is 12.1 Å². The number of aromatic nitrogens is 3. The Balaban J connectivity index is 1.21. The second-order valence-corrected chi connectivity index (χ2v) is 10.5. The second kappa shape index (κ2) is 10.4. The Kier molecular flexibility index (Phi) is 6.75. The van der Waals surface area contributed by atoms with Crippen molar-refractivity contribution in [3.05, 3.63) is 95.2 Å². The number of H-pyrrole nitrogens is 1. The number of carbonyl (C=O) groups is 1. The summed E-state index contributed by atoms with van der Waals surface area (Å²) in [5.74, 6) is -3.22. The van der Waals surface area contributed by atoms with Crippen LogP contribution in [0.2, 0.25) is 0 Å². The van der Waals surface area contributed by atoms with Crippen molar-refractivity contribution >= 4 is 28.1 Å². The van der Waals surface area contributed by atoms with E-state index in [1.165, 1.54) is 0 Å². The number of nitrogens with zero attached hydrogens (tertiary/aromatic N) is 3. The van der Waals surface area contributed by atoms with Crippen molar-refractivity contribution in [1.29, 1.82) is 0 Å². The minimum atomic E-state index is -2.64. The number of aryl methyl sites for hydroxylation is 1. The zero-order chi connectivity index (χ0) is 27.9. The quantitative estimate of drug-likeness (QED) is 0.273. The second-order valence-electron chi connectivity index (χ2n) is 10.5. The molecule has 1 fully saturated rings. The first-order valence-electron chi connectivity index (χ1n) is 13.3. The van der Waals surface area contributed by atoms with Crippen LogP contribution < -0.4 is 5.32 Å². The molecule has 0 radical (unpaired) electrons. The number of alkyl halides is 2. The van der Waals surface area contributed by atoms with Crippen LogP contribution in [0.5, 0.6) is 0 Å². The van der Waals surface area contributed by atoms with E-state index < -0.39 is 5.92 Å². The molecule has 1 saturated heterocycles. The number of hydrogen-bond acceptors (Lipinski definition) is 4. The maximum atomic E-state index is 13.7. The molecule has 2 N–H and O–H groups in total. The van der Waals surface area contributed by atoms with Crippen molar-refractivity contribution in [2.45, 2.75) is 38.7 Å². The van der Waals surface area contributed by atoms with Gasteiger partial charge in [0.2, 0.25) is 0 Å². The Morgan fingerprint density at radius 3 is 2.77 bits per heavy atom. The van der Waals surface area contributed by atoms with Crippen LogP contribution in [0.25, 0.3) is 27.6 Å². The lowest BCUT2D eigenvalue weighted by molar-refractivity contribution is 0.0115. The van der Waals surface area contributed by atoms with Gasteiger partial charge < -0.3 is 5.32 Å². The minimum absolute atomic E-state index is 0.124. The highest BCUT2D eigenvalue weighted by molar-refractivity contribution is 6.11. The molecule has 204 valence electrons. The van der Waals surface area contributed by atoms with Crippen molar-refractivity contribution in [1.82, 2.24) is 20.1 Å². The van der Waals surface area contributed by atoms with Crippen molar-refractivity contribution < 1.29 is 18.0 Å². The van der Waals surface area contributed by atoms with Crippen molar-refractivity contribution in [3.8, 4) is 11.1 Å². The molecular formula is C31H28F3N5O. The Hall–Kier alpha value is -4.24. The van der Waals surface area contributed by atoms with Crippen LogP contribution in [0.4, 0.5) is 18.9 Å². The van der Waals surface area contributed by atoms with Gasteiger partial charge in [-0.05, 0) is 90.1 Å². The summed E-state index contributed by atoms with van der Waals surface area (Å²) in [6.45, 7) is 2.45. The minimum Gasteiger partial charge on any atom is -0.321 e. The number of amides is 1. The normalized spacial score (nSPS) is 17.1. The number of aromatic amines is 1. The fourth-order valence-electron chi connectivity index (χ4n) is 5.47. The number of rotatable bonds is 6. The van der Waals surface area contributed by atoms with Gasteiger partial charge in [0.05, 0.1) is 12.1 Å². The standard InChI is InChI=1S/C31H28F3N5O/c1-19-11-25(6-7-26(19)22-3-2-4-24(32)13-22)36-30(40)29-27-14-21(5-8-28(27)37-38-29)23-12-20(15-35-16-23)17-39-10-9-31(33,34)18-39/h4-8,11-16H,2-3,9-10,17-18H2,1H3,(H,36,40)(H,37,38). The molecule has 1 amide bonds. The van der Waals surface area contributed by atoms with E-state index in [1.54, 1.807) is 29.4 Å². The van der Waals surface area contributed by atoms with Crippen LogP contribution in [0.1, 0.15) is 46.4 Å². The van der Waals surface area contributed by atoms with E-state index in [-0.39, 0.29) is 30.4 Å². The molecule has 2 aliphatic rings. The molecule has 0 atom stereocenters. The van der Waals surface area contributed by atoms with Crippen LogP contribution in [0.3, 0.4) is 0 Å². The van der Waals surface area contributed by atoms with E-state index in [0.29, 0.717) is 36.1 Å². The third-order valence-electron chi connectivity index (χ3n) is 7.46. The molecule has 4 aromatic rings. The van der Waals surface area contributed by atoms with Crippen LogP contribution in [-0.2, 0) is 6.54 Å². The van der Waals surface area contributed by atoms with Gasteiger partial charge in [0.15, 0.2) is 5.69 Å². The number of pyridine rings is 1. The highest BCUT2D eigenvalue weighted by atomic mass is 19.3. The van der Waals surface area contributed by atoms with Crippen LogP contribution >= 0.6 is 0 Å². The van der Waals surface area contributed by atoms with Crippen LogP contribution in [0, 0.1) is 6.92 Å². The van der Waals surface area contributed by atoms with Gasteiger partial charge in [0, 0.05) is 48.5 Å². The molecule has 1 aliphatic heterocycles. The lowest BCUT2D eigenvalue weighted by Gasteiger charge is -2.15. The van der Waals surface area contributed by atoms with E-state index in [4.69, 9.17) is 0 Å². The number of nitrogens with one attached hydrogen (secondary N) is 2. The predicted octanol–water partition coefficient (Wildman–Crippen LogP) is 7.06. The Labute approximate surface area is 229 Å². The zero-order valence-corrected chi connectivity index (χ0v) is 22.0. The highest BCUT2D eigenvalue weighted by Gasteiger charge is 2.37. The van der Waals surface area contributed by atoms with Crippen LogP contribution in [0.15, 0.2) is 72.8 Å². The van der Waals surface area contributed by atoms with Crippen molar-refractivity contribution in [3.63, 3.8) is 0 Å². The number of carbonyl (C=O) groups excluding carboxylic acids is 1. The molecule has 0 bridgehead atoms. The lowest BCUT2D eigenvalue weighted by atomic mass is 9.93. The maximum absolute atomic E-state index is 13.7. The van der Waals surface area contributed by atoms with E-state index in [1.807, 2.05) is 49.4 Å². The van der Waals surface area contributed by atoms with Gasteiger partial charge in [-0.25, -0.2) is 13.2 Å². The Bertz CT molecular complexity index is 1670. The number of anilines is 1. The van der Waals surface area contributed by atoms with Gasteiger partial charge >= 0.3 is 0 Å². The highest BCUT2D eigenvalue weighted by Crippen LogP contribution is 2.32. The molecule has 0 spiro atoms. The van der Waals surface area contributed by atoms with Gasteiger partial charge in [0.1, 0.15) is 5.83 Å². The molecule has 1 aliphatic carbocycles. The molecule has 0 saturated carbocycles. The summed E-state index contributed by atoms with van der Waals surface area (Å²) in [5, 5.41) is 10.8. The number of halogens is 3. The van der Waals surface area contributed by atoms with E-state index in [0.717, 1.165) is 39.8 Å². The molecular weight excluding hydrogens is 515 g/mol. The summed E-state index contributed by atoms with van der Waals surface area (Å²) in [4.78, 5) is 19.3. The molecule has 6 nitrogen and oxygen atoms in total. The summed E-state index contributed by atoms with van der Waals surface area (Å²) in [6.07, 6.45) is 7.88. The topological polar surface area (TPSA) is 73.9 Å². The average molecular weight is 544 g/mol. The summed E-state index contributed by atoms with van der Waals surface area (Å²) in [7, 11) is 0. The fourth-order valence-corrected chi connectivity index (χ4v) is 5.47. The third-order valence-corrected chi connectivity index (χ3v) is 7.46. The first-order chi connectivity index (χ1) is 19.2. The summed E-state index contributed by atoms with van der Waals surface area (Å²) < 4.78 is 41.0. The fraction of sp³-hybridized carbons (Fsp3) is 0.258. The third kappa shape index (κ3) is 5.42.